The van der Waals surface area contributed by atoms with Crippen molar-refractivity contribution in [2.75, 3.05) is 13.2 Å². The predicted molar refractivity (Wildman–Crippen MR) is 114 cm³/mol. The molecule has 2 aromatic rings. The average Bonchev–Trinajstić information content (AvgIpc) is 2.69. The minimum atomic E-state index is -0.209. The lowest BCUT2D eigenvalue weighted by atomic mass is 9.74. The first-order valence-corrected chi connectivity index (χ1v) is 10.0. The summed E-state index contributed by atoms with van der Waals surface area (Å²) in [7, 11) is 0. The maximum atomic E-state index is 13.1. The number of nitrogens with one attached hydrogen (secondary N) is 1. The lowest BCUT2D eigenvalue weighted by Crippen LogP contribution is -2.68. The molecular formula is C24H30N2O2. The molecular weight excluding hydrogens is 348 g/mol. The van der Waals surface area contributed by atoms with Crippen LogP contribution in [-0.4, -0.2) is 47.2 Å². The molecule has 0 aromatic heterocycles. The number of likely N-dealkylation sites (tertiary alicyclic amines) is 1. The number of carbonyl (C=O) groups excluding carboxylic acids is 1. The smallest absolute Gasteiger partial charge is 0.254 e. The van der Waals surface area contributed by atoms with Gasteiger partial charge in [0, 0.05) is 24.1 Å². The molecule has 148 valence electrons. The van der Waals surface area contributed by atoms with Gasteiger partial charge in [-0.25, -0.2) is 0 Å². The van der Waals surface area contributed by atoms with Crippen molar-refractivity contribution >= 4 is 12.0 Å². The first-order valence-electron chi connectivity index (χ1n) is 10.0. The van der Waals surface area contributed by atoms with E-state index < -0.39 is 0 Å². The molecule has 3 rings (SSSR count). The fourth-order valence-electron chi connectivity index (χ4n) is 4.03. The van der Waals surface area contributed by atoms with E-state index in [9.17, 15) is 9.90 Å². The summed E-state index contributed by atoms with van der Waals surface area (Å²) in [4.78, 5) is 15.0. The highest BCUT2D eigenvalue weighted by Gasteiger charge is 2.50. The van der Waals surface area contributed by atoms with Crippen LogP contribution in [0.25, 0.3) is 6.08 Å². The molecule has 1 aliphatic rings. The molecule has 0 radical (unpaired) electrons. The van der Waals surface area contributed by atoms with Gasteiger partial charge in [0.2, 0.25) is 0 Å². The second kappa shape index (κ2) is 9.18. The van der Waals surface area contributed by atoms with Crippen molar-refractivity contribution in [2.24, 2.45) is 0 Å². The second-order valence-electron chi connectivity index (χ2n) is 7.65. The average molecular weight is 379 g/mol. The van der Waals surface area contributed by atoms with Gasteiger partial charge in [0.15, 0.2) is 0 Å². The highest BCUT2D eigenvalue weighted by atomic mass is 16.3. The zero-order valence-corrected chi connectivity index (χ0v) is 16.9. The Hall–Kier alpha value is -2.43. The third-order valence-electron chi connectivity index (χ3n) is 5.40. The molecule has 4 nitrogen and oxygen atoms in total. The van der Waals surface area contributed by atoms with Gasteiger partial charge >= 0.3 is 0 Å². The van der Waals surface area contributed by atoms with Crippen molar-refractivity contribution in [1.29, 1.82) is 0 Å². The predicted octanol–water partition coefficient (Wildman–Crippen LogP) is 3.69. The Morgan fingerprint density at radius 3 is 2.36 bits per heavy atom. The van der Waals surface area contributed by atoms with Crippen molar-refractivity contribution in [2.45, 2.75) is 44.8 Å². The molecule has 1 aliphatic heterocycles. The zero-order valence-electron chi connectivity index (χ0n) is 16.9. The molecule has 2 aromatic carbocycles. The van der Waals surface area contributed by atoms with Crippen LogP contribution in [0.2, 0.25) is 0 Å². The van der Waals surface area contributed by atoms with E-state index in [2.05, 4.69) is 49.5 Å². The van der Waals surface area contributed by atoms with E-state index in [4.69, 9.17) is 0 Å². The Morgan fingerprint density at radius 2 is 1.79 bits per heavy atom. The number of hydrogen-bond acceptors (Lipinski definition) is 3. The molecule has 0 spiro atoms. The summed E-state index contributed by atoms with van der Waals surface area (Å²) in [6.45, 7) is 6.87. The number of aliphatic hydroxyl groups excluding tert-OH is 1. The summed E-state index contributed by atoms with van der Waals surface area (Å²) in [6, 6.07) is 17.9. The Balaban J connectivity index is 1.88. The van der Waals surface area contributed by atoms with Crippen LogP contribution in [0.1, 0.15) is 48.2 Å². The molecule has 3 atom stereocenters. The highest BCUT2D eigenvalue weighted by Crippen LogP contribution is 2.41. The van der Waals surface area contributed by atoms with Crippen molar-refractivity contribution in [3.63, 3.8) is 0 Å². The lowest BCUT2D eigenvalue weighted by molar-refractivity contribution is -0.0251. The Kier molecular flexibility index (Phi) is 6.65. The van der Waals surface area contributed by atoms with E-state index in [1.165, 1.54) is 5.56 Å². The zero-order chi connectivity index (χ0) is 20.1. The number of allylic oxidation sites excluding steroid dienone is 1. The summed E-state index contributed by atoms with van der Waals surface area (Å²) in [5.41, 5.74) is 2.98. The van der Waals surface area contributed by atoms with Gasteiger partial charge in [-0.1, -0.05) is 68.5 Å². The fraction of sp³-hybridized carbons (Fsp3) is 0.375. The normalized spacial score (nSPS) is 21.9. The molecule has 0 aliphatic carbocycles. The van der Waals surface area contributed by atoms with Crippen LogP contribution in [0.15, 0.2) is 60.7 Å². The molecule has 0 bridgehead atoms. The van der Waals surface area contributed by atoms with E-state index in [0.29, 0.717) is 18.2 Å². The number of hydrogen-bond donors (Lipinski definition) is 2. The topological polar surface area (TPSA) is 52.6 Å². The van der Waals surface area contributed by atoms with Crippen LogP contribution >= 0.6 is 0 Å². The molecule has 1 amide bonds. The first kappa shape index (κ1) is 20.3. The van der Waals surface area contributed by atoms with E-state index in [1.54, 1.807) is 0 Å². The number of aliphatic hydroxyl groups is 1. The molecule has 1 heterocycles. The number of carbonyl (C=O) groups is 1. The molecule has 28 heavy (non-hydrogen) atoms. The van der Waals surface area contributed by atoms with Crippen LogP contribution < -0.4 is 5.32 Å². The van der Waals surface area contributed by atoms with Gasteiger partial charge in [0.05, 0.1) is 18.7 Å². The van der Waals surface area contributed by atoms with Gasteiger partial charge in [0.25, 0.3) is 5.91 Å². The Labute approximate surface area is 167 Å². The van der Waals surface area contributed by atoms with E-state index >= 15 is 0 Å². The maximum absolute atomic E-state index is 13.1. The maximum Gasteiger partial charge on any atom is 0.254 e. The summed E-state index contributed by atoms with van der Waals surface area (Å²) in [5, 5.41) is 13.6. The third-order valence-corrected chi connectivity index (χ3v) is 5.40. The van der Waals surface area contributed by atoms with E-state index in [1.807, 2.05) is 48.2 Å². The lowest BCUT2D eigenvalue weighted by Gasteiger charge is -2.55. The summed E-state index contributed by atoms with van der Waals surface area (Å²) in [5.74, 6) is 0.0977. The minimum absolute atomic E-state index is 0.0137. The van der Waals surface area contributed by atoms with Crippen molar-refractivity contribution in [3.05, 3.63) is 77.4 Å². The summed E-state index contributed by atoms with van der Waals surface area (Å²) >= 11 is 0. The largest absolute Gasteiger partial charge is 0.394 e. The Bertz CT molecular complexity index is 799. The van der Waals surface area contributed by atoms with Gasteiger partial charge in [-0.15, -0.1) is 0 Å². The van der Waals surface area contributed by atoms with E-state index in [0.717, 1.165) is 5.56 Å². The van der Waals surface area contributed by atoms with Crippen LogP contribution in [-0.2, 0) is 0 Å². The highest BCUT2D eigenvalue weighted by molar-refractivity contribution is 5.95. The van der Waals surface area contributed by atoms with Gasteiger partial charge < -0.3 is 15.3 Å². The summed E-state index contributed by atoms with van der Waals surface area (Å²) < 4.78 is 0. The number of amides is 1. The number of rotatable bonds is 7. The fourth-order valence-corrected chi connectivity index (χ4v) is 4.03. The Morgan fingerprint density at radius 1 is 1.11 bits per heavy atom. The van der Waals surface area contributed by atoms with Crippen molar-refractivity contribution in [1.82, 2.24) is 10.2 Å². The van der Waals surface area contributed by atoms with E-state index in [-0.39, 0.29) is 30.5 Å². The standard InChI is InChI=1S/C24H30N2O2/c1-4-8-18-11-13-19(14-12-18)23-21(15-25-17(2)3)26(22(23)16-27)24(28)20-9-6-5-7-10-20/h4-14,17,21-23,25,27H,15-16H2,1-3H3/t21-,22-,23+/m1/s1. The monoisotopic (exact) mass is 378 g/mol. The minimum Gasteiger partial charge on any atom is -0.394 e. The third kappa shape index (κ3) is 4.18. The number of benzene rings is 2. The van der Waals surface area contributed by atoms with Crippen LogP contribution in [0, 0.1) is 0 Å². The molecule has 1 saturated heterocycles. The first-order chi connectivity index (χ1) is 13.6. The van der Waals surface area contributed by atoms with Gasteiger partial charge in [-0.05, 0) is 30.2 Å². The SMILES string of the molecule is CC=Cc1ccc([C@@H]2[C@@H](CO)N(C(=O)c3ccccc3)[C@@H]2CNC(C)C)cc1. The molecule has 0 unspecified atom stereocenters. The van der Waals surface area contributed by atoms with Crippen molar-refractivity contribution < 1.29 is 9.90 Å². The number of nitrogens with zero attached hydrogens (tertiary/aromatic N) is 1. The summed E-state index contributed by atoms with van der Waals surface area (Å²) in [6.07, 6.45) is 4.08. The van der Waals surface area contributed by atoms with Crippen LogP contribution in [0.3, 0.4) is 0 Å². The van der Waals surface area contributed by atoms with Crippen LogP contribution in [0.5, 0.6) is 0 Å². The molecule has 1 fully saturated rings. The molecule has 0 saturated carbocycles. The molecule has 4 heteroatoms. The van der Waals surface area contributed by atoms with Crippen LogP contribution in [0.4, 0.5) is 0 Å². The quantitative estimate of drug-likeness (QED) is 0.773. The van der Waals surface area contributed by atoms with Gasteiger partial charge in [0.1, 0.15) is 0 Å². The van der Waals surface area contributed by atoms with Gasteiger partial charge in [-0.3, -0.25) is 4.79 Å². The second-order valence-corrected chi connectivity index (χ2v) is 7.65. The van der Waals surface area contributed by atoms with Gasteiger partial charge in [-0.2, -0.15) is 0 Å². The molecule has 2 N–H and O–H groups in total. The van der Waals surface area contributed by atoms with Crippen molar-refractivity contribution in [3.8, 4) is 0 Å².